The highest BCUT2D eigenvalue weighted by molar-refractivity contribution is 5.91. The van der Waals surface area contributed by atoms with E-state index in [4.69, 9.17) is 9.47 Å². The molecule has 3 rings (SSSR count). The van der Waals surface area contributed by atoms with Crippen LogP contribution in [0.2, 0.25) is 0 Å². The lowest BCUT2D eigenvalue weighted by Crippen LogP contribution is -2.38. The zero-order valence-corrected chi connectivity index (χ0v) is 18.3. The fraction of sp³-hybridized carbons (Fsp3) is 0.280. The van der Waals surface area contributed by atoms with Gasteiger partial charge in [0.15, 0.2) is 11.5 Å². The van der Waals surface area contributed by atoms with Crippen molar-refractivity contribution in [3.63, 3.8) is 0 Å². The highest BCUT2D eigenvalue weighted by Crippen LogP contribution is 2.32. The van der Waals surface area contributed by atoms with Gasteiger partial charge >= 0.3 is 0 Å². The Balaban J connectivity index is 1.58. The maximum absolute atomic E-state index is 12.4. The zero-order chi connectivity index (χ0) is 22.4. The average Bonchev–Trinajstić information content (AvgIpc) is 2.77. The molecule has 0 saturated heterocycles. The SMILES string of the molecule is COc1cc(C)c(C(C)NC(=O)CNC(=O)Cc2cccc3ccccc23)cc1OC. The monoisotopic (exact) mass is 420 g/mol. The number of hydrogen-bond donors (Lipinski definition) is 2. The Hall–Kier alpha value is -3.54. The summed E-state index contributed by atoms with van der Waals surface area (Å²) in [6, 6.07) is 17.3. The molecule has 0 aliphatic carbocycles. The molecule has 2 N–H and O–H groups in total. The fourth-order valence-electron chi connectivity index (χ4n) is 3.69. The Morgan fingerprint density at radius 1 is 0.935 bits per heavy atom. The van der Waals surface area contributed by atoms with E-state index in [0.29, 0.717) is 11.5 Å². The number of amides is 2. The molecule has 0 aliphatic heterocycles. The summed E-state index contributed by atoms with van der Waals surface area (Å²) in [7, 11) is 3.16. The molecule has 2 amide bonds. The van der Waals surface area contributed by atoms with Crippen molar-refractivity contribution < 1.29 is 19.1 Å². The molecule has 6 nitrogen and oxygen atoms in total. The predicted molar refractivity (Wildman–Crippen MR) is 122 cm³/mol. The summed E-state index contributed by atoms with van der Waals surface area (Å²) in [4.78, 5) is 24.8. The van der Waals surface area contributed by atoms with Gasteiger partial charge in [0.2, 0.25) is 11.8 Å². The van der Waals surface area contributed by atoms with Crippen molar-refractivity contribution in [2.75, 3.05) is 20.8 Å². The first-order chi connectivity index (χ1) is 14.9. The number of rotatable bonds is 8. The summed E-state index contributed by atoms with van der Waals surface area (Å²) >= 11 is 0. The van der Waals surface area contributed by atoms with Gasteiger partial charge in [0.1, 0.15) is 0 Å². The maximum atomic E-state index is 12.4. The van der Waals surface area contributed by atoms with Gasteiger partial charge in [-0.15, -0.1) is 0 Å². The maximum Gasteiger partial charge on any atom is 0.239 e. The van der Waals surface area contributed by atoms with Crippen LogP contribution in [0.1, 0.15) is 29.7 Å². The first-order valence-corrected chi connectivity index (χ1v) is 10.2. The van der Waals surface area contributed by atoms with Gasteiger partial charge in [0.25, 0.3) is 0 Å². The van der Waals surface area contributed by atoms with Crippen LogP contribution in [-0.2, 0) is 16.0 Å². The number of ether oxygens (including phenoxy) is 2. The number of carbonyl (C=O) groups excluding carboxylic acids is 2. The Labute approximate surface area is 182 Å². The Bertz CT molecular complexity index is 1090. The van der Waals surface area contributed by atoms with Crippen molar-refractivity contribution in [2.45, 2.75) is 26.3 Å². The molecule has 3 aromatic carbocycles. The van der Waals surface area contributed by atoms with Gasteiger partial charge in [0, 0.05) is 0 Å². The topological polar surface area (TPSA) is 76.7 Å². The van der Waals surface area contributed by atoms with Gasteiger partial charge in [-0.3, -0.25) is 9.59 Å². The first-order valence-electron chi connectivity index (χ1n) is 10.2. The third kappa shape index (κ3) is 5.34. The lowest BCUT2D eigenvalue weighted by molar-refractivity contribution is -0.126. The van der Waals surface area contributed by atoms with Crippen molar-refractivity contribution in [1.82, 2.24) is 10.6 Å². The van der Waals surface area contributed by atoms with E-state index in [1.54, 1.807) is 14.2 Å². The third-order valence-electron chi connectivity index (χ3n) is 5.29. The van der Waals surface area contributed by atoms with Gasteiger partial charge in [-0.05, 0) is 53.4 Å². The number of aryl methyl sites for hydroxylation is 1. The van der Waals surface area contributed by atoms with Crippen LogP contribution < -0.4 is 20.1 Å². The lowest BCUT2D eigenvalue weighted by atomic mass is 10.0. The summed E-state index contributed by atoms with van der Waals surface area (Å²) in [6.45, 7) is 3.76. The molecule has 1 atom stereocenters. The minimum atomic E-state index is -0.257. The summed E-state index contributed by atoms with van der Waals surface area (Å²) in [5.41, 5.74) is 2.84. The highest BCUT2D eigenvalue weighted by atomic mass is 16.5. The molecule has 31 heavy (non-hydrogen) atoms. The van der Waals surface area contributed by atoms with Crippen LogP contribution in [0.15, 0.2) is 54.6 Å². The zero-order valence-electron chi connectivity index (χ0n) is 18.3. The highest BCUT2D eigenvalue weighted by Gasteiger charge is 2.16. The summed E-state index contributed by atoms with van der Waals surface area (Å²) in [6.07, 6.45) is 0.221. The molecule has 6 heteroatoms. The van der Waals surface area contributed by atoms with Crippen molar-refractivity contribution >= 4 is 22.6 Å². The van der Waals surface area contributed by atoms with Crippen LogP contribution in [0.4, 0.5) is 0 Å². The molecule has 0 radical (unpaired) electrons. The van der Waals surface area contributed by atoms with Gasteiger partial charge in [0.05, 0.1) is 33.2 Å². The number of benzene rings is 3. The van der Waals surface area contributed by atoms with E-state index < -0.39 is 0 Å². The van der Waals surface area contributed by atoms with Crippen molar-refractivity contribution in [2.24, 2.45) is 0 Å². The van der Waals surface area contributed by atoms with E-state index in [-0.39, 0.29) is 30.8 Å². The van der Waals surface area contributed by atoms with Gasteiger partial charge in [-0.2, -0.15) is 0 Å². The van der Waals surface area contributed by atoms with E-state index in [1.165, 1.54) is 0 Å². The number of methoxy groups -OCH3 is 2. The summed E-state index contributed by atoms with van der Waals surface area (Å²) in [5.74, 6) is 0.796. The van der Waals surface area contributed by atoms with Crippen molar-refractivity contribution in [3.8, 4) is 11.5 Å². The van der Waals surface area contributed by atoms with E-state index in [2.05, 4.69) is 10.6 Å². The third-order valence-corrected chi connectivity index (χ3v) is 5.29. The second-order valence-corrected chi connectivity index (χ2v) is 7.44. The van der Waals surface area contributed by atoms with Crippen molar-refractivity contribution in [1.29, 1.82) is 0 Å². The van der Waals surface area contributed by atoms with Crippen LogP contribution in [0, 0.1) is 6.92 Å². The first kappa shape index (κ1) is 22.2. The normalized spacial score (nSPS) is 11.6. The van der Waals surface area contributed by atoms with Crippen LogP contribution in [0.25, 0.3) is 10.8 Å². The molecule has 0 bridgehead atoms. The largest absolute Gasteiger partial charge is 0.493 e. The van der Waals surface area contributed by atoms with Gasteiger partial charge < -0.3 is 20.1 Å². The molecule has 0 heterocycles. The summed E-state index contributed by atoms with van der Waals surface area (Å²) in [5, 5.41) is 7.77. The second kappa shape index (κ2) is 9.98. The molecule has 0 spiro atoms. The average molecular weight is 421 g/mol. The van der Waals surface area contributed by atoms with Crippen LogP contribution in [0.3, 0.4) is 0 Å². The fourth-order valence-corrected chi connectivity index (χ4v) is 3.69. The standard InChI is InChI=1S/C25H28N2O4/c1-16-12-22(30-3)23(31-4)14-21(16)17(2)27-25(29)15-26-24(28)13-19-10-7-9-18-8-5-6-11-20(18)19/h5-12,14,17H,13,15H2,1-4H3,(H,26,28)(H,27,29). The van der Waals surface area contributed by atoms with Crippen LogP contribution >= 0.6 is 0 Å². The second-order valence-electron chi connectivity index (χ2n) is 7.44. The minimum Gasteiger partial charge on any atom is -0.493 e. The molecule has 0 aromatic heterocycles. The van der Waals surface area contributed by atoms with Gasteiger partial charge in [-0.1, -0.05) is 42.5 Å². The molecular formula is C25H28N2O4. The molecule has 0 saturated carbocycles. The van der Waals surface area contributed by atoms with Crippen LogP contribution in [-0.4, -0.2) is 32.6 Å². The predicted octanol–water partition coefficient (Wildman–Crippen LogP) is 3.70. The lowest BCUT2D eigenvalue weighted by Gasteiger charge is -2.19. The molecule has 0 fully saturated rings. The van der Waals surface area contributed by atoms with E-state index >= 15 is 0 Å². The van der Waals surface area contributed by atoms with Crippen molar-refractivity contribution in [3.05, 3.63) is 71.3 Å². The number of nitrogens with one attached hydrogen (secondary N) is 2. The van der Waals surface area contributed by atoms with Gasteiger partial charge in [-0.25, -0.2) is 0 Å². The number of hydrogen-bond acceptors (Lipinski definition) is 4. The summed E-state index contributed by atoms with van der Waals surface area (Å²) < 4.78 is 10.7. The Morgan fingerprint density at radius 2 is 1.61 bits per heavy atom. The van der Waals surface area contributed by atoms with E-state index in [9.17, 15) is 9.59 Å². The minimum absolute atomic E-state index is 0.0831. The quantitative estimate of drug-likeness (QED) is 0.583. The molecular weight excluding hydrogens is 392 g/mol. The smallest absolute Gasteiger partial charge is 0.239 e. The number of fused-ring (bicyclic) bond motifs is 1. The van der Waals surface area contributed by atoms with E-state index in [0.717, 1.165) is 27.5 Å². The molecule has 3 aromatic rings. The Kier molecular flexibility index (Phi) is 7.13. The Morgan fingerprint density at radius 3 is 2.35 bits per heavy atom. The van der Waals surface area contributed by atoms with E-state index in [1.807, 2.05) is 68.4 Å². The molecule has 1 unspecified atom stereocenters. The van der Waals surface area contributed by atoms with Crippen LogP contribution in [0.5, 0.6) is 11.5 Å². The molecule has 162 valence electrons. The number of carbonyl (C=O) groups is 2. The molecule has 0 aliphatic rings.